The Morgan fingerprint density at radius 2 is 2.32 bits per heavy atom. The van der Waals surface area contributed by atoms with Crippen molar-refractivity contribution in [2.75, 3.05) is 0 Å². The van der Waals surface area contributed by atoms with Gasteiger partial charge in [0.1, 0.15) is 11.4 Å². The van der Waals surface area contributed by atoms with Gasteiger partial charge < -0.3 is 5.32 Å². The van der Waals surface area contributed by atoms with E-state index >= 15 is 0 Å². The lowest BCUT2D eigenvalue weighted by molar-refractivity contribution is 0.0946. The van der Waals surface area contributed by atoms with Crippen molar-refractivity contribution < 1.29 is 4.79 Å². The fraction of sp³-hybridized carbons (Fsp3) is 0.312. The van der Waals surface area contributed by atoms with Crippen LogP contribution < -0.4 is 5.32 Å². The van der Waals surface area contributed by atoms with Crippen molar-refractivity contribution in [2.24, 2.45) is 0 Å². The van der Waals surface area contributed by atoms with Gasteiger partial charge in [-0.05, 0) is 36.8 Å². The number of carbonyl (C=O) groups is 1. The molecule has 112 valence electrons. The molecule has 3 aromatic heterocycles. The lowest BCUT2D eigenvalue weighted by Gasteiger charge is -2.06. The number of hydrogen-bond donors (Lipinski definition) is 1. The van der Waals surface area contributed by atoms with Gasteiger partial charge in [0.25, 0.3) is 5.91 Å². The van der Waals surface area contributed by atoms with E-state index in [0.29, 0.717) is 11.7 Å². The van der Waals surface area contributed by atoms with Crippen LogP contribution in [0.5, 0.6) is 0 Å². The van der Waals surface area contributed by atoms with Crippen LogP contribution in [0.4, 0.5) is 0 Å². The summed E-state index contributed by atoms with van der Waals surface area (Å²) in [6, 6.07) is 8.17. The molecule has 4 rings (SSSR count). The Hall–Kier alpha value is -2.21. The molecular weight excluding hydrogens is 296 g/mol. The minimum absolute atomic E-state index is 0.0847. The molecule has 1 amide bonds. The first kappa shape index (κ1) is 13.5. The fourth-order valence-electron chi connectivity index (χ4n) is 2.44. The van der Waals surface area contributed by atoms with E-state index in [-0.39, 0.29) is 5.91 Å². The average Bonchev–Trinajstić information content (AvgIpc) is 3.04. The lowest BCUT2D eigenvalue weighted by Crippen LogP contribution is -2.26. The third kappa shape index (κ3) is 2.39. The number of carbonyl (C=O) groups excluding carboxylic acids is 1. The molecule has 0 unspecified atom stereocenters. The van der Waals surface area contributed by atoms with E-state index in [4.69, 9.17) is 0 Å². The Labute approximate surface area is 132 Å². The largest absolute Gasteiger partial charge is 0.348 e. The molecule has 1 aliphatic rings. The van der Waals surface area contributed by atoms with Crippen LogP contribution in [0.25, 0.3) is 16.2 Å². The molecule has 0 bridgehead atoms. The summed E-state index contributed by atoms with van der Waals surface area (Å²) in [6.07, 6.45) is 2.95. The first-order chi connectivity index (χ1) is 10.7. The number of rotatable bonds is 4. The highest BCUT2D eigenvalue weighted by Gasteiger charge is 2.25. The number of aryl methyl sites for hydroxylation is 1. The third-order valence-corrected chi connectivity index (χ3v) is 4.67. The fourth-order valence-corrected chi connectivity index (χ4v) is 3.12. The second-order valence-corrected chi connectivity index (χ2v) is 6.46. The van der Waals surface area contributed by atoms with Gasteiger partial charge in [0.05, 0.1) is 4.88 Å². The van der Waals surface area contributed by atoms with Gasteiger partial charge in [-0.15, -0.1) is 11.3 Å². The summed E-state index contributed by atoms with van der Waals surface area (Å²) < 4.78 is 1.84. The van der Waals surface area contributed by atoms with Gasteiger partial charge in [-0.1, -0.05) is 13.0 Å². The van der Waals surface area contributed by atoms with Crippen LogP contribution in [0.1, 0.15) is 35.9 Å². The molecule has 3 aromatic rings. The number of amides is 1. The number of fused-ring (bicyclic) bond motifs is 1. The topological polar surface area (TPSA) is 59.3 Å². The normalized spacial score (nSPS) is 14.4. The van der Waals surface area contributed by atoms with E-state index in [9.17, 15) is 4.79 Å². The van der Waals surface area contributed by atoms with Gasteiger partial charge in [0, 0.05) is 17.8 Å². The molecule has 5 nitrogen and oxygen atoms in total. The Morgan fingerprint density at radius 3 is 3.00 bits per heavy atom. The van der Waals surface area contributed by atoms with E-state index in [2.05, 4.69) is 22.3 Å². The number of nitrogens with zero attached hydrogens (tertiary/aromatic N) is 3. The molecule has 0 atom stereocenters. The van der Waals surface area contributed by atoms with Crippen LogP contribution in [0.3, 0.4) is 0 Å². The van der Waals surface area contributed by atoms with Gasteiger partial charge in [-0.2, -0.15) is 5.10 Å². The summed E-state index contributed by atoms with van der Waals surface area (Å²) in [5.74, 6) is -0.0847. The summed E-state index contributed by atoms with van der Waals surface area (Å²) in [6.45, 7) is 2.06. The molecule has 3 heterocycles. The maximum absolute atomic E-state index is 12.2. The predicted molar refractivity (Wildman–Crippen MR) is 86.2 cm³/mol. The standard InChI is InChI=1S/C16H16N4OS/c1-2-11-8-13(16(21)17-10-5-6-10)18-15-9-12(19-20(11)15)14-4-3-7-22-14/h3-4,7-10H,2,5-6H2,1H3,(H,17,21). The molecule has 0 spiro atoms. The molecule has 0 aromatic carbocycles. The van der Waals surface area contributed by atoms with Gasteiger partial charge in [0.15, 0.2) is 5.65 Å². The lowest BCUT2D eigenvalue weighted by atomic mass is 10.2. The maximum atomic E-state index is 12.2. The Morgan fingerprint density at radius 1 is 1.45 bits per heavy atom. The highest BCUT2D eigenvalue weighted by Crippen LogP contribution is 2.25. The Balaban J connectivity index is 1.78. The number of nitrogens with one attached hydrogen (secondary N) is 1. The SMILES string of the molecule is CCc1cc(C(=O)NC2CC2)nc2cc(-c3cccs3)nn12. The van der Waals surface area contributed by atoms with Crippen molar-refractivity contribution in [1.82, 2.24) is 19.9 Å². The zero-order chi connectivity index (χ0) is 15.1. The van der Waals surface area contributed by atoms with Gasteiger partial charge in [0.2, 0.25) is 0 Å². The second-order valence-electron chi connectivity index (χ2n) is 5.51. The molecule has 1 fully saturated rings. The predicted octanol–water partition coefficient (Wildman–Crippen LogP) is 2.91. The van der Waals surface area contributed by atoms with E-state index in [1.807, 2.05) is 34.2 Å². The van der Waals surface area contributed by atoms with Crippen LogP contribution in [-0.4, -0.2) is 26.5 Å². The van der Waals surface area contributed by atoms with Crippen molar-refractivity contribution >= 4 is 22.9 Å². The van der Waals surface area contributed by atoms with Gasteiger partial charge in [-0.3, -0.25) is 4.79 Å². The minimum Gasteiger partial charge on any atom is -0.348 e. The van der Waals surface area contributed by atoms with Crippen LogP contribution in [0.2, 0.25) is 0 Å². The summed E-state index contributed by atoms with van der Waals surface area (Å²) in [5.41, 5.74) is 3.10. The molecule has 0 radical (unpaired) electrons. The quantitative estimate of drug-likeness (QED) is 0.806. The van der Waals surface area contributed by atoms with Crippen LogP contribution in [0.15, 0.2) is 29.6 Å². The summed E-state index contributed by atoms with van der Waals surface area (Å²) >= 11 is 1.65. The molecule has 1 N–H and O–H groups in total. The highest BCUT2D eigenvalue weighted by atomic mass is 32.1. The Bertz CT molecular complexity index is 833. The van der Waals surface area contributed by atoms with E-state index in [0.717, 1.165) is 41.2 Å². The minimum atomic E-state index is -0.0847. The monoisotopic (exact) mass is 312 g/mol. The van der Waals surface area contributed by atoms with Crippen molar-refractivity contribution in [3.05, 3.63) is 41.0 Å². The maximum Gasteiger partial charge on any atom is 0.270 e. The Kier molecular flexibility index (Phi) is 3.18. The van der Waals surface area contributed by atoms with E-state index in [1.165, 1.54) is 0 Å². The smallest absolute Gasteiger partial charge is 0.270 e. The second kappa shape index (κ2) is 5.21. The zero-order valence-corrected chi connectivity index (χ0v) is 13.1. The molecule has 22 heavy (non-hydrogen) atoms. The number of hydrogen-bond acceptors (Lipinski definition) is 4. The van der Waals surface area contributed by atoms with E-state index in [1.54, 1.807) is 11.3 Å². The van der Waals surface area contributed by atoms with E-state index < -0.39 is 0 Å². The van der Waals surface area contributed by atoms with Gasteiger partial charge >= 0.3 is 0 Å². The summed E-state index contributed by atoms with van der Waals surface area (Å²) in [4.78, 5) is 17.8. The number of thiophene rings is 1. The van der Waals surface area contributed by atoms with Crippen LogP contribution in [-0.2, 0) is 6.42 Å². The van der Waals surface area contributed by atoms with Crippen molar-refractivity contribution in [3.63, 3.8) is 0 Å². The third-order valence-electron chi connectivity index (χ3n) is 3.78. The van der Waals surface area contributed by atoms with Gasteiger partial charge in [-0.25, -0.2) is 9.50 Å². The van der Waals surface area contributed by atoms with Crippen LogP contribution >= 0.6 is 11.3 Å². The zero-order valence-electron chi connectivity index (χ0n) is 12.2. The summed E-state index contributed by atoms with van der Waals surface area (Å²) in [7, 11) is 0. The first-order valence-electron chi connectivity index (χ1n) is 7.49. The molecule has 1 saturated carbocycles. The molecule has 0 aliphatic heterocycles. The number of aromatic nitrogens is 3. The molecule has 0 saturated heterocycles. The molecular formula is C16H16N4OS. The summed E-state index contributed by atoms with van der Waals surface area (Å²) in [5, 5.41) is 9.65. The van der Waals surface area contributed by atoms with Crippen molar-refractivity contribution in [2.45, 2.75) is 32.2 Å². The van der Waals surface area contributed by atoms with Crippen molar-refractivity contribution in [1.29, 1.82) is 0 Å². The molecule has 1 aliphatic carbocycles. The average molecular weight is 312 g/mol. The van der Waals surface area contributed by atoms with Crippen LogP contribution in [0, 0.1) is 0 Å². The first-order valence-corrected chi connectivity index (χ1v) is 8.37. The van der Waals surface area contributed by atoms with Crippen molar-refractivity contribution in [3.8, 4) is 10.6 Å². The molecule has 6 heteroatoms. The highest BCUT2D eigenvalue weighted by molar-refractivity contribution is 7.13.